The molecule has 0 aliphatic rings. The van der Waals surface area contributed by atoms with E-state index in [1.54, 1.807) is 11.9 Å². The quantitative estimate of drug-likeness (QED) is 0.732. The number of carbonyl (C=O) groups excluding carboxylic acids is 2. The summed E-state index contributed by atoms with van der Waals surface area (Å²) in [6.45, 7) is 2.64. The van der Waals surface area contributed by atoms with Crippen LogP contribution in [-0.4, -0.2) is 25.5 Å². The summed E-state index contributed by atoms with van der Waals surface area (Å²) < 4.78 is 5.63. The second-order valence-corrected chi connectivity index (χ2v) is 6.03. The van der Waals surface area contributed by atoms with Gasteiger partial charge in [0.2, 0.25) is 11.8 Å². The third-order valence-corrected chi connectivity index (χ3v) is 3.93. The Hall–Kier alpha value is -2.82. The molecule has 138 valence electrons. The van der Waals surface area contributed by atoms with Crippen molar-refractivity contribution in [3.05, 3.63) is 54.6 Å². The summed E-state index contributed by atoms with van der Waals surface area (Å²) in [5.41, 5.74) is 1.52. The molecule has 2 aromatic carbocycles. The predicted molar refractivity (Wildman–Crippen MR) is 105 cm³/mol. The molecule has 0 atom stereocenters. The lowest BCUT2D eigenvalue weighted by atomic mass is 10.2. The van der Waals surface area contributed by atoms with E-state index in [9.17, 15) is 9.59 Å². The lowest BCUT2D eigenvalue weighted by Gasteiger charge is -2.17. The van der Waals surface area contributed by atoms with Crippen LogP contribution in [0.5, 0.6) is 5.75 Å². The zero-order valence-corrected chi connectivity index (χ0v) is 15.4. The van der Waals surface area contributed by atoms with Gasteiger partial charge in [0.15, 0.2) is 0 Å². The van der Waals surface area contributed by atoms with Crippen molar-refractivity contribution in [3.8, 4) is 5.75 Å². The highest BCUT2D eigenvalue weighted by Crippen LogP contribution is 2.24. The molecule has 2 rings (SSSR count). The van der Waals surface area contributed by atoms with Crippen molar-refractivity contribution in [1.82, 2.24) is 0 Å². The zero-order chi connectivity index (χ0) is 18.8. The van der Waals surface area contributed by atoms with E-state index in [0.717, 1.165) is 12.1 Å². The van der Waals surface area contributed by atoms with Crippen molar-refractivity contribution in [2.24, 2.45) is 0 Å². The normalized spacial score (nSPS) is 10.2. The largest absolute Gasteiger partial charge is 0.491 e. The van der Waals surface area contributed by atoms with E-state index in [1.807, 2.05) is 61.5 Å². The van der Waals surface area contributed by atoms with Gasteiger partial charge >= 0.3 is 0 Å². The molecule has 5 heteroatoms. The maximum atomic E-state index is 12.2. The number of rotatable bonds is 9. The van der Waals surface area contributed by atoms with Gasteiger partial charge in [-0.25, -0.2) is 0 Å². The van der Waals surface area contributed by atoms with Crippen LogP contribution in [0, 0.1) is 0 Å². The SMILES string of the molecule is CCCOc1ccccc1NC(=O)CCCC(=O)N(C)c1ccccc1. The molecule has 0 saturated heterocycles. The topological polar surface area (TPSA) is 58.6 Å². The van der Waals surface area contributed by atoms with Crippen LogP contribution in [0.15, 0.2) is 54.6 Å². The van der Waals surface area contributed by atoms with Gasteiger partial charge in [0.05, 0.1) is 12.3 Å². The lowest BCUT2D eigenvalue weighted by Crippen LogP contribution is -2.26. The average Bonchev–Trinajstić information content (AvgIpc) is 2.67. The number of hydrogen-bond acceptors (Lipinski definition) is 3. The molecule has 26 heavy (non-hydrogen) atoms. The molecule has 0 heterocycles. The first-order chi connectivity index (χ1) is 12.6. The summed E-state index contributed by atoms with van der Waals surface area (Å²) in [7, 11) is 1.75. The fraction of sp³-hybridized carbons (Fsp3) is 0.333. The van der Waals surface area contributed by atoms with Crippen molar-refractivity contribution in [2.75, 3.05) is 23.9 Å². The van der Waals surface area contributed by atoms with Gasteiger partial charge in [-0.3, -0.25) is 9.59 Å². The average molecular weight is 354 g/mol. The molecule has 2 amide bonds. The first-order valence-corrected chi connectivity index (χ1v) is 8.95. The van der Waals surface area contributed by atoms with Gasteiger partial charge in [-0.15, -0.1) is 0 Å². The third kappa shape index (κ3) is 5.92. The number of nitrogens with one attached hydrogen (secondary N) is 1. The Morgan fingerprint density at radius 1 is 1.00 bits per heavy atom. The minimum Gasteiger partial charge on any atom is -0.491 e. The van der Waals surface area contributed by atoms with E-state index in [-0.39, 0.29) is 18.2 Å². The number of nitrogens with zero attached hydrogens (tertiary/aromatic N) is 1. The number of amides is 2. The van der Waals surface area contributed by atoms with Crippen molar-refractivity contribution in [3.63, 3.8) is 0 Å². The monoisotopic (exact) mass is 354 g/mol. The molecule has 0 aromatic heterocycles. The second-order valence-electron chi connectivity index (χ2n) is 6.03. The first kappa shape index (κ1) is 19.5. The third-order valence-electron chi connectivity index (χ3n) is 3.93. The second kappa shape index (κ2) is 10.2. The van der Waals surface area contributed by atoms with Crippen molar-refractivity contribution in [2.45, 2.75) is 32.6 Å². The van der Waals surface area contributed by atoms with Crippen molar-refractivity contribution in [1.29, 1.82) is 0 Å². The molecule has 2 aromatic rings. The van der Waals surface area contributed by atoms with Crippen LogP contribution in [0.25, 0.3) is 0 Å². The summed E-state index contributed by atoms with van der Waals surface area (Å²) in [5.74, 6) is 0.547. The van der Waals surface area contributed by atoms with Crippen LogP contribution in [0.2, 0.25) is 0 Å². The summed E-state index contributed by atoms with van der Waals surface area (Å²) in [6.07, 6.45) is 2.02. The van der Waals surface area contributed by atoms with E-state index in [1.165, 1.54) is 0 Å². The first-order valence-electron chi connectivity index (χ1n) is 8.95. The van der Waals surface area contributed by atoms with E-state index < -0.39 is 0 Å². The summed E-state index contributed by atoms with van der Waals surface area (Å²) in [5, 5.41) is 2.87. The Labute approximate surface area is 155 Å². The molecule has 5 nitrogen and oxygen atoms in total. The molecule has 0 radical (unpaired) electrons. The van der Waals surface area contributed by atoms with Crippen LogP contribution in [0.4, 0.5) is 11.4 Å². The molecule has 0 unspecified atom stereocenters. The Balaban J connectivity index is 1.79. The Morgan fingerprint density at radius 3 is 2.42 bits per heavy atom. The fourth-order valence-electron chi connectivity index (χ4n) is 2.48. The van der Waals surface area contributed by atoms with Crippen LogP contribution >= 0.6 is 0 Å². The van der Waals surface area contributed by atoms with Gasteiger partial charge in [0, 0.05) is 25.6 Å². The fourth-order valence-corrected chi connectivity index (χ4v) is 2.48. The molecule has 0 bridgehead atoms. The number of benzene rings is 2. The minimum atomic E-state index is -0.118. The van der Waals surface area contributed by atoms with E-state index in [2.05, 4.69) is 5.32 Å². The van der Waals surface area contributed by atoms with Gasteiger partial charge in [0.25, 0.3) is 0 Å². The van der Waals surface area contributed by atoms with Gasteiger partial charge in [-0.05, 0) is 37.1 Å². The number of carbonyl (C=O) groups is 2. The lowest BCUT2D eigenvalue weighted by molar-refractivity contribution is -0.118. The zero-order valence-electron chi connectivity index (χ0n) is 15.4. The van der Waals surface area contributed by atoms with Crippen LogP contribution in [0.3, 0.4) is 0 Å². The molecule has 0 aliphatic carbocycles. The number of hydrogen-bond donors (Lipinski definition) is 1. The van der Waals surface area contributed by atoms with E-state index in [0.29, 0.717) is 30.9 Å². The highest BCUT2D eigenvalue weighted by Gasteiger charge is 2.12. The Kier molecular flexibility index (Phi) is 7.68. The van der Waals surface area contributed by atoms with E-state index in [4.69, 9.17) is 4.74 Å². The van der Waals surface area contributed by atoms with Crippen LogP contribution in [-0.2, 0) is 9.59 Å². The maximum Gasteiger partial charge on any atom is 0.226 e. The van der Waals surface area contributed by atoms with E-state index >= 15 is 0 Å². The van der Waals surface area contributed by atoms with Crippen LogP contribution < -0.4 is 15.0 Å². The molecule has 1 N–H and O–H groups in total. The molecule has 0 spiro atoms. The molecule has 0 aliphatic heterocycles. The Bertz CT molecular complexity index is 716. The molecular weight excluding hydrogens is 328 g/mol. The molecule has 0 fully saturated rings. The highest BCUT2D eigenvalue weighted by molar-refractivity contribution is 5.94. The minimum absolute atomic E-state index is 0.00400. The Morgan fingerprint density at radius 2 is 1.69 bits per heavy atom. The van der Waals surface area contributed by atoms with Gasteiger partial charge < -0.3 is 15.0 Å². The predicted octanol–water partition coefficient (Wildman–Crippen LogP) is 4.25. The summed E-state index contributed by atoms with van der Waals surface area (Å²) in [6, 6.07) is 16.9. The number of para-hydroxylation sites is 3. The smallest absolute Gasteiger partial charge is 0.226 e. The molecule has 0 saturated carbocycles. The highest BCUT2D eigenvalue weighted by atomic mass is 16.5. The standard InChI is InChI=1S/C21H26N2O3/c1-3-16-26-19-13-8-7-12-18(19)22-20(24)14-9-15-21(25)23(2)17-10-5-4-6-11-17/h4-8,10-13H,3,9,14-16H2,1-2H3,(H,22,24). The summed E-state index contributed by atoms with van der Waals surface area (Å²) in [4.78, 5) is 26.0. The number of ether oxygens (including phenoxy) is 1. The van der Waals surface area contributed by atoms with Crippen molar-refractivity contribution < 1.29 is 14.3 Å². The van der Waals surface area contributed by atoms with Crippen molar-refractivity contribution >= 4 is 23.2 Å². The van der Waals surface area contributed by atoms with Gasteiger partial charge in [0.1, 0.15) is 5.75 Å². The van der Waals surface area contributed by atoms with Crippen LogP contribution in [0.1, 0.15) is 32.6 Å². The van der Waals surface area contributed by atoms with Gasteiger partial charge in [-0.2, -0.15) is 0 Å². The summed E-state index contributed by atoms with van der Waals surface area (Å²) >= 11 is 0. The molecular formula is C21H26N2O3. The number of anilines is 2. The maximum absolute atomic E-state index is 12.2. The van der Waals surface area contributed by atoms with Gasteiger partial charge in [-0.1, -0.05) is 37.3 Å².